The molecule has 14 heteroatoms. The van der Waals surface area contributed by atoms with Crippen molar-refractivity contribution in [3.63, 3.8) is 0 Å². The second-order valence-corrected chi connectivity index (χ2v) is 13.0. The van der Waals surface area contributed by atoms with Gasteiger partial charge in [0.1, 0.15) is 22.3 Å². The number of nitrogens with zero attached hydrogens (tertiary/aromatic N) is 5. The summed E-state index contributed by atoms with van der Waals surface area (Å²) >= 11 is 6.49. The van der Waals surface area contributed by atoms with E-state index in [-0.39, 0.29) is 11.0 Å². The average Bonchev–Trinajstić information content (AvgIpc) is 2.98. The summed E-state index contributed by atoms with van der Waals surface area (Å²) in [6, 6.07) is 9.12. The summed E-state index contributed by atoms with van der Waals surface area (Å²) < 4.78 is 44.3. The van der Waals surface area contributed by atoms with Gasteiger partial charge in [0.2, 0.25) is 16.0 Å². The van der Waals surface area contributed by atoms with E-state index < -0.39 is 10.0 Å². The number of fused-ring (bicyclic) bond motifs is 8. The van der Waals surface area contributed by atoms with Gasteiger partial charge in [-0.25, -0.2) is 13.4 Å². The minimum atomic E-state index is -3.57. The van der Waals surface area contributed by atoms with Gasteiger partial charge in [-0.2, -0.15) is 4.98 Å². The molecule has 1 saturated heterocycles. The van der Waals surface area contributed by atoms with Crippen LogP contribution in [0.4, 0.5) is 34.5 Å². The lowest BCUT2D eigenvalue weighted by atomic mass is 10.2. The predicted molar refractivity (Wildman–Crippen MR) is 171 cm³/mol. The van der Waals surface area contributed by atoms with E-state index in [9.17, 15) is 8.42 Å². The molecular weight excluding hydrogens is 594 g/mol. The second kappa shape index (κ2) is 13.3. The summed E-state index contributed by atoms with van der Waals surface area (Å²) in [6.45, 7) is 4.70. The van der Waals surface area contributed by atoms with E-state index in [2.05, 4.69) is 37.4 Å². The van der Waals surface area contributed by atoms with Gasteiger partial charge in [0.05, 0.1) is 55.5 Å². The van der Waals surface area contributed by atoms with Crippen LogP contribution in [0.1, 0.15) is 19.3 Å². The van der Waals surface area contributed by atoms with Gasteiger partial charge in [0, 0.05) is 51.4 Å². The van der Waals surface area contributed by atoms with Crippen LogP contribution in [0.3, 0.4) is 0 Å². The van der Waals surface area contributed by atoms with Crippen LogP contribution in [0.15, 0.2) is 36.5 Å². The highest BCUT2D eigenvalue weighted by Crippen LogP contribution is 2.41. The minimum Gasteiger partial charge on any atom is -0.494 e. The first kappa shape index (κ1) is 30.8. The molecule has 4 heterocycles. The van der Waals surface area contributed by atoms with Crippen LogP contribution in [-0.2, 0) is 10.0 Å². The molecule has 43 heavy (non-hydrogen) atoms. The lowest BCUT2D eigenvalue weighted by Crippen LogP contribution is -2.44. The standard InChI is InChI=1S/C29H38ClN7O5S/c1-35-10-12-37(13-11-35)25-18-26(40-3)23-17-27(25)42-15-7-5-6-14-41-20-8-9-22(24(16-20)36(2)43(4,38)39)32-28-21(30)19-31-29(33-23)34-28/h8-9,16-19H,5-7,10-15H2,1-4H3,(H2,31,32,33,34). The Hall–Kier alpha value is -3.68. The molecule has 6 rings (SSSR count). The molecule has 1 aromatic heterocycles. The number of halogens is 1. The highest BCUT2D eigenvalue weighted by Gasteiger charge is 2.22. The van der Waals surface area contributed by atoms with Crippen molar-refractivity contribution in [2.75, 3.05) is 86.7 Å². The van der Waals surface area contributed by atoms with Gasteiger partial charge < -0.3 is 34.6 Å². The molecular formula is C29H38ClN7O5S. The summed E-state index contributed by atoms with van der Waals surface area (Å²) in [7, 11) is 1.67. The third kappa shape index (κ3) is 7.46. The monoisotopic (exact) mass is 631 g/mol. The number of nitrogens with one attached hydrogen (secondary N) is 2. The fraction of sp³-hybridized carbons (Fsp3) is 0.448. The number of piperazine rings is 1. The zero-order chi connectivity index (χ0) is 30.6. The van der Waals surface area contributed by atoms with Crippen molar-refractivity contribution in [2.45, 2.75) is 19.3 Å². The van der Waals surface area contributed by atoms with E-state index >= 15 is 0 Å². The third-order valence-corrected chi connectivity index (χ3v) is 8.96. The molecule has 3 aliphatic rings. The molecule has 12 nitrogen and oxygen atoms in total. The normalized spacial score (nSPS) is 16.4. The van der Waals surface area contributed by atoms with E-state index in [1.807, 2.05) is 12.1 Å². The molecule has 1 fully saturated rings. The number of hydrogen-bond acceptors (Lipinski definition) is 11. The molecule has 0 atom stereocenters. The largest absolute Gasteiger partial charge is 0.494 e. The Morgan fingerprint density at radius 3 is 2.47 bits per heavy atom. The van der Waals surface area contributed by atoms with Gasteiger partial charge in [-0.15, -0.1) is 0 Å². The number of rotatable bonds is 4. The molecule has 232 valence electrons. The Bertz CT molecular complexity index is 1550. The Balaban J connectivity index is 1.54. The lowest BCUT2D eigenvalue weighted by molar-refractivity contribution is 0.277. The maximum absolute atomic E-state index is 12.5. The van der Waals surface area contributed by atoms with Gasteiger partial charge in [-0.1, -0.05) is 11.6 Å². The van der Waals surface area contributed by atoms with Crippen LogP contribution in [0.25, 0.3) is 0 Å². The molecule has 3 aliphatic heterocycles. The van der Waals surface area contributed by atoms with Crippen LogP contribution in [0.2, 0.25) is 5.02 Å². The highest BCUT2D eigenvalue weighted by atomic mass is 35.5. The van der Waals surface area contributed by atoms with E-state index in [0.29, 0.717) is 47.6 Å². The zero-order valence-corrected chi connectivity index (χ0v) is 26.5. The van der Waals surface area contributed by atoms with Crippen molar-refractivity contribution in [1.82, 2.24) is 14.9 Å². The molecule has 0 aliphatic carbocycles. The summed E-state index contributed by atoms with van der Waals surface area (Å²) in [5.74, 6) is 2.48. The average molecular weight is 632 g/mol. The Morgan fingerprint density at radius 2 is 1.74 bits per heavy atom. The van der Waals surface area contributed by atoms with Crippen LogP contribution in [0, 0.1) is 0 Å². The first-order chi connectivity index (χ1) is 20.6. The molecule has 0 unspecified atom stereocenters. The van der Waals surface area contributed by atoms with Gasteiger partial charge >= 0.3 is 0 Å². The van der Waals surface area contributed by atoms with Crippen LogP contribution in [0.5, 0.6) is 17.2 Å². The molecule has 0 radical (unpaired) electrons. The minimum absolute atomic E-state index is 0.256. The van der Waals surface area contributed by atoms with Crippen LogP contribution >= 0.6 is 11.6 Å². The van der Waals surface area contributed by atoms with Crippen molar-refractivity contribution < 1.29 is 22.6 Å². The summed E-state index contributed by atoms with van der Waals surface area (Å²) in [5, 5.41) is 6.69. The Kier molecular flexibility index (Phi) is 9.52. The van der Waals surface area contributed by atoms with Crippen molar-refractivity contribution in [3.05, 3.63) is 41.6 Å². The van der Waals surface area contributed by atoms with Crippen molar-refractivity contribution in [3.8, 4) is 17.2 Å². The number of likely N-dealkylation sites (N-methyl/N-ethyl adjacent to an activating group) is 1. The van der Waals surface area contributed by atoms with Crippen molar-refractivity contribution >= 4 is 56.1 Å². The predicted octanol–water partition coefficient (Wildman–Crippen LogP) is 4.71. The number of ether oxygens (including phenoxy) is 3. The lowest BCUT2D eigenvalue weighted by Gasteiger charge is -2.35. The number of methoxy groups -OCH3 is 1. The second-order valence-electron chi connectivity index (χ2n) is 10.6. The molecule has 0 saturated carbocycles. The SMILES string of the molecule is COc1cc(N2CCN(C)CC2)c2cc1Nc1ncc(Cl)c(n1)Nc1ccc(cc1N(C)S(C)(=O)=O)OCCCCCO2. The fourth-order valence-corrected chi connectivity index (χ4v) is 5.53. The number of aromatic nitrogens is 2. The topological polar surface area (TPSA) is 121 Å². The Morgan fingerprint density at radius 1 is 1.00 bits per heavy atom. The van der Waals surface area contributed by atoms with Gasteiger partial charge in [-0.05, 0) is 38.4 Å². The summed E-state index contributed by atoms with van der Waals surface area (Å²) in [5.41, 5.74) is 2.49. The van der Waals surface area contributed by atoms with E-state index in [1.54, 1.807) is 25.3 Å². The molecule has 3 aromatic rings. The maximum Gasteiger partial charge on any atom is 0.232 e. The number of hydrogen-bond donors (Lipinski definition) is 2. The van der Waals surface area contributed by atoms with E-state index in [4.69, 9.17) is 25.8 Å². The van der Waals surface area contributed by atoms with E-state index in [1.165, 1.54) is 17.5 Å². The first-order valence-corrected chi connectivity index (χ1v) is 16.4. The quantitative estimate of drug-likeness (QED) is 0.416. The molecule has 2 aromatic carbocycles. The third-order valence-electron chi connectivity index (χ3n) is 7.49. The van der Waals surface area contributed by atoms with Gasteiger partial charge in [0.15, 0.2) is 5.82 Å². The number of benzene rings is 2. The Labute approximate surface area is 258 Å². The maximum atomic E-state index is 12.5. The zero-order valence-electron chi connectivity index (χ0n) is 24.9. The molecule has 0 spiro atoms. The van der Waals surface area contributed by atoms with Crippen molar-refractivity contribution in [2.24, 2.45) is 0 Å². The van der Waals surface area contributed by atoms with Gasteiger partial charge in [0.25, 0.3) is 0 Å². The van der Waals surface area contributed by atoms with Crippen LogP contribution < -0.4 is 34.0 Å². The molecule has 2 N–H and O–H groups in total. The molecule has 0 amide bonds. The summed E-state index contributed by atoms with van der Waals surface area (Å²) in [4.78, 5) is 13.6. The highest BCUT2D eigenvalue weighted by molar-refractivity contribution is 7.92. The van der Waals surface area contributed by atoms with Gasteiger partial charge in [-0.3, -0.25) is 4.31 Å². The van der Waals surface area contributed by atoms with E-state index in [0.717, 1.165) is 63.1 Å². The fourth-order valence-electron chi connectivity index (χ4n) is 4.89. The van der Waals surface area contributed by atoms with Crippen molar-refractivity contribution in [1.29, 1.82) is 0 Å². The van der Waals surface area contributed by atoms with Crippen LogP contribution in [-0.4, -0.2) is 90.1 Å². The number of anilines is 6. The molecule has 6 bridgehead atoms. The number of sulfonamides is 1. The smallest absolute Gasteiger partial charge is 0.232 e. The first-order valence-electron chi connectivity index (χ1n) is 14.2. The summed E-state index contributed by atoms with van der Waals surface area (Å²) in [6.07, 6.45) is 5.18.